The molecule has 7 nitrogen and oxygen atoms in total. The Labute approximate surface area is 132 Å². The summed E-state index contributed by atoms with van der Waals surface area (Å²) in [7, 11) is 0. The topological polar surface area (TPSA) is 101 Å². The van der Waals surface area contributed by atoms with Crippen molar-refractivity contribution in [3.63, 3.8) is 0 Å². The first-order valence-electron chi connectivity index (χ1n) is 6.94. The van der Waals surface area contributed by atoms with Crippen LogP contribution in [0.15, 0.2) is 54.6 Å². The van der Waals surface area contributed by atoms with E-state index in [2.05, 4.69) is 10.6 Å². The number of hydrogen-bond donors (Lipinski definition) is 2. The maximum absolute atomic E-state index is 11.8. The Balaban J connectivity index is 1.76. The Bertz CT molecular complexity index is 699. The fraction of sp³-hybridized carbons (Fsp3) is 0.125. The van der Waals surface area contributed by atoms with Gasteiger partial charge in [0, 0.05) is 36.3 Å². The van der Waals surface area contributed by atoms with Crippen LogP contribution >= 0.6 is 0 Å². The number of nitrogens with one attached hydrogen (secondary N) is 2. The molecule has 0 saturated heterocycles. The number of nitro benzene ring substituents is 1. The summed E-state index contributed by atoms with van der Waals surface area (Å²) >= 11 is 0. The van der Waals surface area contributed by atoms with Crippen molar-refractivity contribution in [2.24, 2.45) is 0 Å². The fourth-order valence-electron chi connectivity index (χ4n) is 1.88. The van der Waals surface area contributed by atoms with Crippen molar-refractivity contribution >= 4 is 17.5 Å². The van der Waals surface area contributed by atoms with Gasteiger partial charge in [0.2, 0.25) is 0 Å². The molecule has 0 unspecified atom stereocenters. The van der Waals surface area contributed by atoms with Gasteiger partial charge in [-0.25, -0.2) is 0 Å². The van der Waals surface area contributed by atoms with E-state index in [1.165, 1.54) is 24.3 Å². The lowest BCUT2D eigenvalue weighted by atomic mass is 10.2. The first-order chi connectivity index (χ1) is 11.1. The molecule has 0 aliphatic rings. The summed E-state index contributed by atoms with van der Waals surface area (Å²) in [6.07, 6.45) is 0. The number of nitrogens with zero attached hydrogens (tertiary/aromatic N) is 1. The van der Waals surface area contributed by atoms with Gasteiger partial charge < -0.3 is 10.6 Å². The van der Waals surface area contributed by atoms with Crippen LogP contribution in [-0.2, 0) is 0 Å². The highest BCUT2D eigenvalue weighted by molar-refractivity contribution is 5.95. The van der Waals surface area contributed by atoms with E-state index in [4.69, 9.17) is 0 Å². The largest absolute Gasteiger partial charge is 0.350 e. The molecule has 0 aliphatic carbocycles. The SMILES string of the molecule is O=C(NCCNC(=O)c1ccc([N+](=O)[O-])cc1)c1ccccc1. The molecule has 7 heteroatoms. The summed E-state index contributed by atoms with van der Waals surface area (Å²) < 4.78 is 0. The highest BCUT2D eigenvalue weighted by Gasteiger charge is 2.09. The first kappa shape index (κ1) is 16.2. The molecule has 0 atom stereocenters. The van der Waals surface area contributed by atoms with Gasteiger partial charge in [-0.1, -0.05) is 18.2 Å². The van der Waals surface area contributed by atoms with Gasteiger partial charge in [0.1, 0.15) is 0 Å². The van der Waals surface area contributed by atoms with Crippen LogP contribution in [0.3, 0.4) is 0 Å². The lowest BCUT2D eigenvalue weighted by Gasteiger charge is -2.07. The number of carbonyl (C=O) groups excluding carboxylic acids is 2. The number of amides is 2. The molecule has 0 saturated carbocycles. The molecule has 0 heterocycles. The second kappa shape index (κ2) is 7.69. The Morgan fingerprint density at radius 2 is 1.30 bits per heavy atom. The number of benzene rings is 2. The molecule has 0 radical (unpaired) electrons. The zero-order chi connectivity index (χ0) is 16.7. The van der Waals surface area contributed by atoms with Gasteiger partial charge in [0.15, 0.2) is 0 Å². The minimum absolute atomic E-state index is 0.0725. The van der Waals surface area contributed by atoms with Crippen molar-refractivity contribution in [2.45, 2.75) is 0 Å². The summed E-state index contributed by atoms with van der Waals surface area (Å²) in [6.45, 7) is 0.543. The summed E-state index contributed by atoms with van der Waals surface area (Å²) in [6, 6.07) is 14.1. The van der Waals surface area contributed by atoms with E-state index < -0.39 is 4.92 Å². The Morgan fingerprint density at radius 3 is 1.78 bits per heavy atom. The number of non-ortho nitro benzene ring substituents is 1. The summed E-state index contributed by atoms with van der Waals surface area (Å²) in [5, 5.41) is 15.9. The van der Waals surface area contributed by atoms with Crippen molar-refractivity contribution in [3.05, 3.63) is 75.8 Å². The second-order valence-electron chi connectivity index (χ2n) is 4.68. The summed E-state index contributed by atoms with van der Waals surface area (Å²) in [4.78, 5) is 33.6. The molecule has 2 rings (SSSR count). The maximum atomic E-state index is 11.8. The van der Waals surface area contributed by atoms with Gasteiger partial charge in [-0.15, -0.1) is 0 Å². The third-order valence-corrected chi connectivity index (χ3v) is 3.07. The van der Waals surface area contributed by atoms with Gasteiger partial charge in [-0.2, -0.15) is 0 Å². The minimum Gasteiger partial charge on any atom is -0.350 e. The quantitative estimate of drug-likeness (QED) is 0.482. The minimum atomic E-state index is -0.527. The fourth-order valence-corrected chi connectivity index (χ4v) is 1.88. The average molecular weight is 313 g/mol. The molecular formula is C16H15N3O4. The third kappa shape index (κ3) is 4.63. The van der Waals surface area contributed by atoms with E-state index >= 15 is 0 Å². The number of rotatable bonds is 6. The molecule has 0 spiro atoms. The number of hydrogen-bond acceptors (Lipinski definition) is 4. The van der Waals surface area contributed by atoms with E-state index in [0.29, 0.717) is 11.1 Å². The van der Waals surface area contributed by atoms with Crippen LogP contribution in [-0.4, -0.2) is 29.8 Å². The second-order valence-corrected chi connectivity index (χ2v) is 4.68. The van der Waals surface area contributed by atoms with Crippen LogP contribution in [0, 0.1) is 10.1 Å². The molecular weight excluding hydrogens is 298 g/mol. The molecule has 2 aromatic carbocycles. The summed E-state index contributed by atoms with van der Waals surface area (Å²) in [5.41, 5.74) is 0.802. The molecule has 0 aliphatic heterocycles. The predicted octanol–water partition coefficient (Wildman–Crippen LogP) is 1.75. The molecule has 0 fully saturated rings. The van der Waals surface area contributed by atoms with Gasteiger partial charge in [0.25, 0.3) is 17.5 Å². The van der Waals surface area contributed by atoms with E-state index in [0.717, 1.165) is 0 Å². The normalized spacial score (nSPS) is 9.91. The van der Waals surface area contributed by atoms with E-state index in [-0.39, 0.29) is 30.6 Å². The molecule has 2 aromatic rings. The van der Waals surface area contributed by atoms with E-state index in [9.17, 15) is 19.7 Å². The zero-order valence-corrected chi connectivity index (χ0v) is 12.2. The van der Waals surface area contributed by atoms with Crippen LogP contribution in [0.25, 0.3) is 0 Å². The highest BCUT2D eigenvalue weighted by Crippen LogP contribution is 2.11. The molecule has 118 valence electrons. The number of carbonyl (C=O) groups is 2. The predicted molar refractivity (Wildman–Crippen MR) is 84.2 cm³/mol. The van der Waals surface area contributed by atoms with Gasteiger partial charge in [-0.05, 0) is 24.3 Å². The average Bonchev–Trinajstić information content (AvgIpc) is 2.59. The zero-order valence-electron chi connectivity index (χ0n) is 12.2. The van der Waals surface area contributed by atoms with E-state index in [1.807, 2.05) is 6.07 Å². The Morgan fingerprint density at radius 1 is 0.826 bits per heavy atom. The Kier molecular flexibility index (Phi) is 5.40. The van der Waals surface area contributed by atoms with Crippen molar-refractivity contribution in [3.8, 4) is 0 Å². The maximum Gasteiger partial charge on any atom is 0.269 e. The molecule has 23 heavy (non-hydrogen) atoms. The van der Waals surface area contributed by atoms with Crippen LogP contribution in [0.2, 0.25) is 0 Å². The standard InChI is InChI=1S/C16H15N3O4/c20-15(12-4-2-1-3-5-12)17-10-11-18-16(21)13-6-8-14(9-7-13)19(22)23/h1-9H,10-11H2,(H,17,20)(H,18,21). The first-order valence-corrected chi connectivity index (χ1v) is 6.94. The molecule has 0 aromatic heterocycles. The highest BCUT2D eigenvalue weighted by atomic mass is 16.6. The van der Waals surface area contributed by atoms with Crippen molar-refractivity contribution in [1.29, 1.82) is 0 Å². The van der Waals surface area contributed by atoms with Crippen molar-refractivity contribution in [1.82, 2.24) is 10.6 Å². The smallest absolute Gasteiger partial charge is 0.269 e. The van der Waals surface area contributed by atoms with Crippen LogP contribution < -0.4 is 10.6 Å². The monoisotopic (exact) mass is 313 g/mol. The summed E-state index contributed by atoms with van der Waals surface area (Å²) in [5.74, 6) is -0.566. The molecule has 2 amide bonds. The van der Waals surface area contributed by atoms with Crippen LogP contribution in [0.5, 0.6) is 0 Å². The Hall–Kier alpha value is -3.22. The van der Waals surface area contributed by atoms with Gasteiger partial charge in [-0.3, -0.25) is 19.7 Å². The van der Waals surface area contributed by atoms with E-state index in [1.54, 1.807) is 24.3 Å². The third-order valence-electron chi connectivity index (χ3n) is 3.07. The van der Waals surface area contributed by atoms with Gasteiger partial charge in [0.05, 0.1) is 4.92 Å². The van der Waals surface area contributed by atoms with Gasteiger partial charge >= 0.3 is 0 Å². The van der Waals surface area contributed by atoms with Crippen LogP contribution in [0.1, 0.15) is 20.7 Å². The van der Waals surface area contributed by atoms with Crippen molar-refractivity contribution < 1.29 is 14.5 Å². The molecule has 0 bridgehead atoms. The van der Waals surface area contributed by atoms with Crippen LogP contribution in [0.4, 0.5) is 5.69 Å². The molecule has 2 N–H and O–H groups in total. The lowest BCUT2D eigenvalue weighted by Crippen LogP contribution is -2.34. The number of nitro groups is 1. The van der Waals surface area contributed by atoms with Crippen molar-refractivity contribution in [2.75, 3.05) is 13.1 Å². The lowest BCUT2D eigenvalue weighted by molar-refractivity contribution is -0.384.